The molecular formula is C16H16ClF2N2O+. The van der Waals surface area contributed by atoms with Crippen LogP contribution < -0.4 is 10.6 Å². The van der Waals surface area contributed by atoms with E-state index in [4.69, 9.17) is 11.6 Å². The van der Waals surface area contributed by atoms with Gasteiger partial charge in [0.05, 0.1) is 0 Å². The molecule has 1 atom stereocenters. The van der Waals surface area contributed by atoms with Crippen LogP contribution in [0.3, 0.4) is 0 Å². The first-order chi connectivity index (χ1) is 10.5. The number of nitrogens with two attached hydrogens (primary N) is 1. The fourth-order valence-corrected chi connectivity index (χ4v) is 2.25. The second-order valence-corrected chi connectivity index (χ2v) is 5.39. The number of anilines is 1. The van der Waals surface area contributed by atoms with E-state index in [0.717, 1.165) is 6.07 Å². The van der Waals surface area contributed by atoms with Gasteiger partial charge in [0.2, 0.25) is 0 Å². The number of hydrogen-bond acceptors (Lipinski definition) is 1. The molecule has 0 radical (unpaired) electrons. The third-order valence-corrected chi connectivity index (χ3v) is 3.45. The number of nitrogens with one attached hydrogen (secondary N) is 1. The van der Waals surface area contributed by atoms with E-state index in [1.165, 1.54) is 12.1 Å². The minimum Gasteiger partial charge on any atom is -0.332 e. The molecule has 0 unspecified atom stereocenters. The highest BCUT2D eigenvalue weighted by atomic mass is 35.5. The molecule has 0 aliphatic heterocycles. The lowest BCUT2D eigenvalue weighted by Gasteiger charge is -2.12. The van der Waals surface area contributed by atoms with Crippen molar-refractivity contribution in [3.8, 4) is 0 Å². The van der Waals surface area contributed by atoms with E-state index in [1.807, 2.05) is 0 Å². The molecule has 3 N–H and O–H groups in total. The highest BCUT2D eigenvalue weighted by Gasteiger charge is 2.16. The van der Waals surface area contributed by atoms with Crippen molar-refractivity contribution in [3.63, 3.8) is 0 Å². The summed E-state index contributed by atoms with van der Waals surface area (Å²) in [6.45, 7) is 1.87. The number of rotatable bonds is 5. The van der Waals surface area contributed by atoms with Crippen LogP contribution in [-0.4, -0.2) is 12.5 Å². The Morgan fingerprint density at radius 3 is 2.73 bits per heavy atom. The van der Waals surface area contributed by atoms with Gasteiger partial charge in [0.15, 0.2) is 6.54 Å². The maximum absolute atomic E-state index is 13.6. The monoisotopic (exact) mass is 325 g/mol. The van der Waals surface area contributed by atoms with E-state index in [1.54, 1.807) is 36.5 Å². The smallest absolute Gasteiger partial charge is 0.279 e. The van der Waals surface area contributed by atoms with Crippen LogP contribution in [0.1, 0.15) is 18.5 Å². The summed E-state index contributed by atoms with van der Waals surface area (Å²) < 4.78 is 26.5. The highest BCUT2D eigenvalue weighted by molar-refractivity contribution is 6.30. The Kier molecular flexibility index (Phi) is 5.46. The third-order valence-electron chi connectivity index (χ3n) is 3.22. The average Bonchev–Trinajstić information content (AvgIpc) is 2.45. The molecule has 116 valence electrons. The topological polar surface area (TPSA) is 45.7 Å². The normalized spacial score (nSPS) is 12.0. The van der Waals surface area contributed by atoms with Crippen molar-refractivity contribution in [3.05, 3.63) is 64.7 Å². The van der Waals surface area contributed by atoms with Crippen molar-refractivity contribution in [2.45, 2.75) is 13.0 Å². The molecule has 2 rings (SSSR count). The van der Waals surface area contributed by atoms with Crippen LogP contribution in [0.5, 0.6) is 0 Å². The van der Waals surface area contributed by atoms with Gasteiger partial charge in [-0.3, -0.25) is 4.79 Å². The molecule has 1 amide bonds. The maximum Gasteiger partial charge on any atom is 0.279 e. The number of hydrogen-bond donors (Lipinski definition) is 2. The molecule has 0 aliphatic rings. The van der Waals surface area contributed by atoms with Gasteiger partial charge in [-0.1, -0.05) is 17.7 Å². The van der Waals surface area contributed by atoms with E-state index in [2.05, 4.69) is 5.32 Å². The predicted octanol–water partition coefficient (Wildman–Crippen LogP) is 2.88. The molecule has 3 nitrogen and oxygen atoms in total. The number of carbonyl (C=O) groups is 1. The van der Waals surface area contributed by atoms with Crippen LogP contribution >= 0.6 is 11.6 Å². The summed E-state index contributed by atoms with van der Waals surface area (Å²) in [5.74, 6) is -1.46. The number of carbonyl (C=O) groups excluding carboxylic acids is 1. The number of amides is 1. The largest absolute Gasteiger partial charge is 0.332 e. The molecule has 6 heteroatoms. The quantitative estimate of drug-likeness (QED) is 0.872. The molecule has 0 saturated heterocycles. The predicted molar refractivity (Wildman–Crippen MR) is 81.6 cm³/mol. The molecule has 0 bridgehead atoms. The molecule has 0 spiro atoms. The van der Waals surface area contributed by atoms with Crippen LogP contribution in [0, 0.1) is 11.6 Å². The van der Waals surface area contributed by atoms with Crippen molar-refractivity contribution in [2.24, 2.45) is 0 Å². The summed E-state index contributed by atoms with van der Waals surface area (Å²) in [4.78, 5) is 11.9. The number of benzene rings is 2. The minimum atomic E-state index is -0.618. The molecule has 0 heterocycles. The second kappa shape index (κ2) is 7.33. The first-order valence-electron chi connectivity index (χ1n) is 6.79. The molecular weight excluding hydrogens is 310 g/mol. The Morgan fingerprint density at radius 1 is 1.27 bits per heavy atom. The zero-order valence-corrected chi connectivity index (χ0v) is 12.7. The van der Waals surface area contributed by atoms with Crippen molar-refractivity contribution in [1.82, 2.24) is 0 Å². The molecule has 0 fully saturated rings. The second-order valence-electron chi connectivity index (χ2n) is 4.95. The summed E-state index contributed by atoms with van der Waals surface area (Å²) in [5.41, 5.74) is 0.962. The molecule has 22 heavy (non-hydrogen) atoms. The highest BCUT2D eigenvalue weighted by Crippen LogP contribution is 2.15. The fraction of sp³-hybridized carbons (Fsp3) is 0.188. The van der Waals surface area contributed by atoms with E-state index < -0.39 is 11.6 Å². The van der Waals surface area contributed by atoms with Gasteiger partial charge in [-0.2, -0.15) is 0 Å². The lowest BCUT2D eigenvalue weighted by Crippen LogP contribution is -2.86. The summed E-state index contributed by atoms with van der Waals surface area (Å²) in [5, 5.41) is 4.91. The summed E-state index contributed by atoms with van der Waals surface area (Å²) >= 11 is 5.83. The van der Waals surface area contributed by atoms with E-state index >= 15 is 0 Å². The van der Waals surface area contributed by atoms with Crippen LogP contribution in [0.4, 0.5) is 14.5 Å². The van der Waals surface area contributed by atoms with Crippen LogP contribution in [0.2, 0.25) is 5.02 Å². The average molecular weight is 326 g/mol. The number of halogens is 3. The molecule has 0 saturated carbocycles. The Bertz CT molecular complexity index is 679. The molecule has 0 aliphatic carbocycles. The van der Waals surface area contributed by atoms with Gasteiger partial charge >= 0.3 is 0 Å². The Hall–Kier alpha value is -1.98. The van der Waals surface area contributed by atoms with Crippen LogP contribution in [-0.2, 0) is 4.79 Å². The van der Waals surface area contributed by atoms with Crippen molar-refractivity contribution < 1.29 is 18.9 Å². The van der Waals surface area contributed by atoms with Gasteiger partial charge in [0, 0.05) is 22.3 Å². The van der Waals surface area contributed by atoms with E-state index in [9.17, 15) is 13.6 Å². The Morgan fingerprint density at radius 2 is 2.05 bits per heavy atom. The van der Waals surface area contributed by atoms with Gasteiger partial charge in [-0.25, -0.2) is 8.78 Å². The van der Waals surface area contributed by atoms with E-state index in [0.29, 0.717) is 16.3 Å². The first kappa shape index (κ1) is 16.4. The van der Waals surface area contributed by atoms with Crippen molar-refractivity contribution in [2.75, 3.05) is 11.9 Å². The summed E-state index contributed by atoms with van der Waals surface area (Å²) in [6, 6.07) is 9.95. The summed E-state index contributed by atoms with van der Waals surface area (Å²) in [6.07, 6.45) is 0. The Balaban J connectivity index is 1.90. The molecule has 2 aromatic rings. The van der Waals surface area contributed by atoms with Crippen molar-refractivity contribution >= 4 is 23.2 Å². The first-order valence-corrected chi connectivity index (χ1v) is 7.17. The molecule has 2 aromatic carbocycles. The standard InChI is InChI=1S/C16H15ClF2N2O/c1-10(14-6-5-12(18)8-15(14)19)20-9-16(22)21-13-4-2-3-11(17)7-13/h2-8,10,20H,9H2,1H3,(H,21,22)/p+1/t10-/m0/s1. The number of quaternary nitrogens is 1. The van der Waals surface area contributed by atoms with E-state index in [-0.39, 0.29) is 18.5 Å². The lowest BCUT2D eigenvalue weighted by atomic mass is 10.1. The van der Waals surface area contributed by atoms with Gasteiger partial charge in [0.1, 0.15) is 17.7 Å². The zero-order chi connectivity index (χ0) is 16.1. The fourth-order valence-electron chi connectivity index (χ4n) is 2.06. The van der Waals surface area contributed by atoms with Crippen LogP contribution in [0.15, 0.2) is 42.5 Å². The van der Waals surface area contributed by atoms with Gasteiger partial charge < -0.3 is 10.6 Å². The van der Waals surface area contributed by atoms with Crippen LogP contribution in [0.25, 0.3) is 0 Å². The van der Waals surface area contributed by atoms with Gasteiger partial charge in [-0.05, 0) is 37.3 Å². The summed E-state index contributed by atoms with van der Waals surface area (Å²) in [7, 11) is 0. The maximum atomic E-state index is 13.6. The van der Waals surface area contributed by atoms with Crippen molar-refractivity contribution in [1.29, 1.82) is 0 Å². The zero-order valence-electron chi connectivity index (χ0n) is 11.9. The Labute approximate surface area is 132 Å². The van der Waals surface area contributed by atoms with Gasteiger partial charge in [0.25, 0.3) is 5.91 Å². The SMILES string of the molecule is C[C@H]([NH2+]CC(=O)Nc1cccc(Cl)c1)c1ccc(F)cc1F. The van der Waals surface area contributed by atoms with Gasteiger partial charge in [-0.15, -0.1) is 0 Å². The molecule has 0 aromatic heterocycles. The third kappa shape index (κ3) is 4.51. The lowest BCUT2D eigenvalue weighted by molar-refractivity contribution is -0.682. The minimum absolute atomic E-state index is 0.116.